The molecule has 5 rings (SSSR count). The molecule has 2 aliphatic heterocycles. The highest BCUT2D eigenvalue weighted by atomic mass is 19.1. The zero-order chi connectivity index (χ0) is 25.1. The van der Waals surface area contributed by atoms with Gasteiger partial charge in [0.1, 0.15) is 17.2 Å². The molecule has 36 heavy (non-hydrogen) atoms. The topological polar surface area (TPSA) is 55.8 Å². The van der Waals surface area contributed by atoms with Crippen molar-refractivity contribution in [3.8, 4) is 11.4 Å². The number of carbonyl (C=O) groups is 1. The summed E-state index contributed by atoms with van der Waals surface area (Å²) in [5.74, 6) is 0.840. The second-order valence-electron chi connectivity index (χ2n) is 9.42. The molecular weight excluding hydrogens is 455 g/mol. The average Bonchev–Trinajstić information content (AvgIpc) is 2.93. The Morgan fingerprint density at radius 2 is 1.56 bits per heavy atom. The van der Waals surface area contributed by atoms with Gasteiger partial charge in [-0.25, -0.2) is 14.4 Å². The number of likely N-dealkylation sites (N-methyl/N-ethyl adjacent to an activating group) is 1. The monoisotopic (exact) mass is 488 g/mol. The van der Waals surface area contributed by atoms with E-state index in [1.54, 1.807) is 18.3 Å². The summed E-state index contributed by atoms with van der Waals surface area (Å²) in [6.45, 7) is 11.6. The number of amides is 1. The molecule has 2 saturated heterocycles. The lowest BCUT2D eigenvalue weighted by atomic mass is 10.1. The summed E-state index contributed by atoms with van der Waals surface area (Å²) in [4.78, 5) is 31.9. The van der Waals surface area contributed by atoms with Crippen molar-refractivity contribution in [1.82, 2.24) is 19.8 Å². The van der Waals surface area contributed by atoms with Crippen molar-refractivity contribution in [2.75, 3.05) is 68.7 Å². The Bertz CT molecular complexity index is 1200. The van der Waals surface area contributed by atoms with Gasteiger partial charge in [-0.05, 0) is 49.4 Å². The first-order valence-electron chi connectivity index (χ1n) is 12.7. The lowest BCUT2D eigenvalue weighted by Crippen LogP contribution is -2.50. The highest BCUT2D eigenvalue weighted by Gasteiger charge is 2.28. The number of anilines is 2. The summed E-state index contributed by atoms with van der Waals surface area (Å²) in [7, 11) is 0. The Kier molecular flexibility index (Phi) is 7.13. The van der Waals surface area contributed by atoms with Gasteiger partial charge in [-0.3, -0.25) is 4.79 Å². The van der Waals surface area contributed by atoms with Crippen molar-refractivity contribution < 1.29 is 9.18 Å². The molecule has 0 saturated carbocycles. The van der Waals surface area contributed by atoms with Crippen LogP contribution in [0.5, 0.6) is 0 Å². The van der Waals surface area contributed by atoms with Crippen molar-refractivity contribution in [1.29, 1.82) is 0 Å². The lowest BCUT2D eigenvalue weighted by molar-refractivity contribution is 0.0643. The number of carbonyl (C=O) groups excluding carboxylic acids is 1. The number of aromatic nitrogens is 2. The van der Waals surface area contributed by atoms with E-state index in [2.05, 4.69) is 57.8 Å². The van der Waals surface area contributed by atoms with Gasteiger partial charge in [0, 0.05) is 69.8 Å². The molecule has 188 valence electrons. The minimum absolute atomic E-state index is 0.0206. The van der Waals surface area contributed by atoms with E-state index in [9.17, 15) is 9.18 Å². The molecule has 1 amide bonds. The van der Waals surface area contributed by atoms with Gasteiger partial charge in [-0.15, -0.1) is 0 Å². The van der Waals surface area contributed by atoms with Gasteiger partial charge in [0.25, 0.3) is 5.91 Å². The van der Waals surface area contributed by atoms with Gasteiger partial charge in [-0.1, -0.05) is 25.1 Å². The van der Waals surface area contributed by atoms with Crippen LogP contribution < -0.4 is 9.80 Å². The summed E-state index contributed by atoms with van der Waals surface area (Å²) < 4.78 is 13.5. The summed E-state index contributed by atoms with van der Waals surface area (Å²) in [5.41, 5.74) is 3.77. The molecule has 0 spiro atoms. The second-order valence-corrected chi connectivity index (χ2v) is 9.42. The maximum absolute atomic E-state index is 13.6. The SMILES string of the molecule is CCN1CCN(C(=O)c2cnc(-c3ccc(F)cc3)nc2N2CCN(c3ccccc3C)CC2)CC1. The van der Waals surface area contributed by atoms with E-state index in [-0.39, 0.29) is 11.7 Å². The largest absolute Gasteiger partial charge is 0.368 e. The van der Waals surface area contributed by atoms with E-state index in [1.807, 2.05) is 4.90 Å². The number of hydrogen-bond acceptors (Lipinski definition) is 6. The van der Waals surface area contributed by atoms with E-state index in [0.717, 1.165) is 51.4 Å². The molecule has 8 heteroatoms. The molecule has 7 nitrogen and oxygen atoms in total. The molecule has 3 heterocycles. The minimum atomic E-state index is -0.302. The van der Waals surface area contributed by atoms with E-state index in [0.29, 0.717) is 30.3 Å². The van der Waals surface area contributed by atoms with Crippen molar-refractivity contribution in [3.63, 3.8) is 0 Å². The Balaban J connectivity index is 1.42. The van der Waals surface area contributed by atoms with Crippen LogP contribution in [0.4, 0.5) is 15.9 Å². The van der Waals surface area contributed by atoms with E-state index in [1.165, 1.54) is 23.4 Å². The fourth-order valence-corrected chi connectivity index (χ4v) is 5.02. The zero-order valence-electron chi connectivity index (χ0n) is 21.0. The fraction of sp³-hybridized carbons (Fsp3) is 0.393. The number of benzene rings is 2. The van der Waals surface area contributed by atoms with Crippen LogP contribution in [0.1, 0.15) is 22.8 Å². The number of piperazine rings is 2. The normalized spacial score (nSPS) is 16.9. The average molecular weight is 489 g/mol. The predicted molar refractivity (Wildman–Crippen MR) is 141 cm³/mol. The molecule has 2 aromatic carbocycles. The molecule has 1 aromatic heterocycles. The third-order valence-electron chi connectivity index (χ3n) is 7.24. The van der Waals surface area contributed by atoms with Gasteiger partial charge >= 0.3 is 0 Å². The highest BCUT2D eigenvalue weighted by Crippen LogP contribution is 2.27. The first-order chi connectivity index (χ1) is 17.5. The molecule has 2 fully saturated rings. The van der Waals surface area contributed by atoms with Crippen LogP contribution in [0.3, 0.4) is 0 Å². The van der Waals surface area contributed by atoms with Gasteiger partial charge < -0.3 is 19.6 Å². The van der Waals surface area contributed by atoms with Crippen LogP contribution in [-0.4, -0.2) is 84.6 Å². The third kappa shape index (κ3) is 5.04. The van der Waals surface area contributed by atoms with E-state index < -0.39 is 0 Å². The van der Waals surface area contributed by atoms with Crippen LogP contribution in [-0.2, 0) is 0 Å². The Morgan fingerprint density at radius 1 is 0.889 bits per heavy atom. The highest BCUT2D eigenvalue weighted by molar-refractivity contribution is 5.99. The number of nitrogens with zero attached hydrogens (tertiary/aromatic N) is 6. The van der Waals surface area contributed by atoms with Crippen LogP contribution in [0.25, 0.3) is 11.4 Å². The number of halogens is 1. The molecule has 0 atom stereocenters. The van der Waals surface area contributed by atoms with Crippen LogP contribution >= 0.6 is 0 Å². The second kappa shape index (κ2) is 10.6. The third-order valence-corrected chi connectivity index (χ3v) is 7.24. The smallest absolute Gasteiger partial charge is 0.259 e. The van der Waals surface area contributed by atoms with Crippen molar-refractivity contribution in [3.05, 3.63) is 71.7 Å². The molecule has 0 N–H and O–H groups in total. The summed E-state index contributed by atoms with van der Waals surface area (Å²) in [6, 6.07) is 14.6. The molecule has 0 aliphatic carbocycles. The van der Waals surface area contributed by atoms with E-state index in [4.69, 9.17) is 4.98 Å². The molecule has 2 aliphatic rings. The van der Waals surface area contributed by atoms with Gasteiger partial charge in [0.05, 0.1) is 0 Å². The van der Waals surface area contributed by atoms with Crippen LogP contribution in [0.15, 0.2) is 54.7 Å². The van der Waals surface area contributed by atoms with Crippen molar-refractivity contribution >= 4 is 17.4 Å². The van der Waals surface area contributed by atoms with Gasteiger partial charge in [-0.2, -0.15) is 0 Å². The maximum Gasteiger partial charge on any atom is 0.259 e. The predicted octanol–water partition coefficient (Wildman–Crippen LogP) is 3.70. The maximum atomic E-state index is 13.6. The number of hydrogen-bond donors (Lipinski definition) is 0. The number of aryl methyl sites for hydroxylation is 1. The first kappa shape index (κ1) is 24.2. The van der Waals surface area contributed by atoms with Crippen molar-refractivity contribution in [2.45, 2.75) is 13.8 Å². The Hall–Kier alpha value is -3.52. The molecule has 0 unspecified atom stereocenters. The standard InChI is InChI=1S/C28H33FN6O/c1-3-32-12-14-35(15-13-32)28(36)24-20-30-26(22-8-10-23(29)11-9-22)31-27(24)34-18-16-33(17-19-34)25-7-5-4-6-21(25)2/h4-11,20H,3,12-19H2,1-2H3. The first-order valence-corrected chi connectivity index (χ1v) is 12.7. The van der Waals surface area contributed by atoms with Crippen molar-refractivity contribution in [2.24, 2.45) is 0 Å². The fourth-order valence-electron chi connectivity index (χ4n) is 5.02. The summed E-state index contributed by atoms with van der Waals surface area (Å²) in [5, 5.41) is 0. The van der Waals surface area contributed by atoms with Gasteiger partial charge in [0.2, 0.25) is 0 Å². The molecular formula is C28H33FN6O. The Morgan fingerprint density at radius 3 is 2.22 bits per heavy atom. The minimum Gasteiger partial charge on any atom is -0.368 e. The quantitative estimate of drug-likeness (QED) is 0.546. The Labute approximate surface area is 212 Å². The summed E-state index contributed by atoms with van der Waals surface area (Å²) >= 11 is 0. The zero-order valence-corrected chi connectivity index (χ0v) is 21.0. The molecule has 0 bridgehead atoms. The lowest BCUT2D eigenvalue weighted by Gasteiger charge is -2.38. The molecule has 0 radical (unpaired) electrons. The summed E-state index contributed by atoms with van der Waals surface area (Å²) in [6.07, 6.45) is 1.66. The number of para-hydroxylation sites is 1. The van der Waals surface area contributed by atoms with E-state index >= 15 is 0 Å². The van der Waals surface area contributed by atoms with Gasteiger partial charge in [0.15, 0.2) is 5.82 Å². The molecule has 3 aromatic rings. The number of rotatable bonds is 5. The van der Waals surface area contributed by atoms with Crippen LogP contribution in [0.2, 0.25) is 0 Å². The van der Waals surface area contributed by atoms with Crippen LogP contribution in [0, 0.1) is 12.7 Å².